The smallest absolute Gasteiger partial charge is 0.0233 e. The molecule has 2 nitrogen and oxygen atoms in total. The Kier molecular flexibility index (Phi) is 3.96. The van der Waals surface area contributed by atoms with Gasteiger partial charge in [-0.25, -0.2) is 0 Å². The van der Waals surface area contributed by atoms with Crippen LogP contribution in [0, 0.1) is 5.92 Å². The molecule has 0 bridgehead atoms. The Morgan fingerprint density at radius 2 is 1.94 bits per heavy atom. The van der Waals surface area contributed by atoms with E-state index in [2.05, 4.69) is 40.5 Å². The van der Waals surface area contributed by atoms with E-state index in [0.29, 0.717) is 0 Å². The molecule has 2 aliphatic rings. The summed E-state index contributed by atoms with van der Waals surface area (Å²) < 4.78 is 0. The summed E-state index contributed by atoms with van der Waals surface area (Å²) in [6, 6.07) is 11.7. The first-order valence-corrected chi connectivity index (χ1v) is 7.40. The summed E-state index contributed by atoms with van der Waals surface area (Å²) in [4.78, 5) is 2.62. The van der Waals surface area contributed by atoms with Crippen LogP contribution in [0.3, 0.4) is 0 Å². The molecule has 1 saturated carbocycles. The van der Waals surface area contributed by atoms with Crippen molar-refractivity contribution in [2.45, 2.75) is 38.3 Å². The highest BCUT2D eigenvalue weighted by atomic mass is 15.1. The zero-order valence-electron chi connectivity index (χ0n) is 11.1. The fourth-order valence-corrected chi connectivity index (χ4v) is 2.92. The van der Waals surface area contributed by atoms with Crippen LogP contribution >= 0.6 is 0 Å². The van der Waals surface area contributed by atoms with E-state index in [-0.39, 0.29) is 0 Å². The van der Waals surface area contributed by atoms with Gasteiger partial charge in [-0.2, -0.15) is 0 Å². The first-order valence-electron chi connectivity index (χ1n) is 7.40. The second-order valence-electron chi connectivity index (χ2n) is 5.91. The van der Waals surface area contributed by atoms with Crippen molar-refractivity contribution in [3.05, 3.63) is 35.9 Å². The Hall–Kier alpha value is -0.860. The van der Waals surface area contributed by atoms with Crippen molar-refractivity contribution in [3.63, 3.8) is 0 Å². The number of hydrogen-bond donors (Lipinski definition) is 1. The molecule has 0 radical (unpaired) electrons. The van der Waals surface area contributed by atoms with Gasteiger partial charge in [0.2, 0.25) is 0 Å². The second kappa shape index (κ2) is 5.85. The quantitative estimate of drug-likeness (QED) is 0.856. The molecule has 0 unspecified atom stereocenters. The zero-order chi connectivity index (χ0) is 12.2. The molecular formula is C16H24N2. The lowest BCUT2D eigenvalue weighted by Crippen LogP contribution is -2.39. The molecule has 1 N–H and O–H groups in total. The van der Waals surface area contributed by atoms with E-state index >= 15 is 0 Å². The largest absolute Gasteiger partial charge is 0.314 e. The minimum Gasteiger partial charge on any atom is -0.314 e. The van der Waals surface area contributed by atoms with Crippen LogP contribution in [-0.4, -0.2) is 30.6 Å². The average Bonchev–Trinajstić information content (AvgIpc) is 3.22. The van der Waals surface area contributed by atoms with Crippen LogP contribution in [-0.2, 0) is 6.54 Å². The van der Waals surface area contributed by atoms with Gasteiger partial charge in [-0.3, -0.25) is 4.90 Å². The number of piperidine rings is 1. The van der Waals surface area contributed by atoms with E-state index < -0.39 is 0 Å². The summed E-state index contributed by atoms with van der Waals surface area (Å²) in [6.07, 6.45) is 5.58. The highest BCUT2D eigenvalue weighted by molar-refractivity contribution is 5.14. The lowest BCUT2D eigenvalue weighted by molar-refractivity contribution is 0.165. The molecule has 1 heterocycles. The molecule has 3 rings (SSSR count). The van der Waals surface area contributed by atoms with Gasteiger partial charge in [0.15, 0.2) is 0 Å². The van der Waals surface area contributed by atoms with Gasteiger partial charge in [-0.05, 0) is 50.3 Å². The number of likely N-dealkylation sites (tertiary alicyclic amines) is 1. The average molecular weight is 244 g/mol. The Morgan fingerprint density at radius 1 is 1.11 bits per heavy atom. The molecule has 1 aliphatic heterocycles. The van der Waals surface area contributed by atoms with E-state index in [9.17, 15) is 0 Å². The van der Waals surface area contributed by atoms with Crippen molar-refractivity contribution >= 4 is 0 Å². The topological polar surface area (TPSA) is 15.3 Å². The van der Waals surface area contributed by atoms with Crippen LogP contribution in [0.15, 0.2) is 30.3 Å². The molecule has 0 spiro atoms. The van der Waals surface area contributed by atoms with Crippen LogP contribution in [0.4, 0.5) is 0 Å². The standard InChI is InChI=1S/C16H24N2/c1-2-5-14(6-3-1)12-18-10-4-7-15(13-18)11-17-16-8-9-16/h1-3,5-6,15-17H,4,7-13H2/t15-/m1/s1. The second-order valence-corrected chi connectivity index (χ2v) is 5.91. The third kappa shape index (κ3) is 3.56. The number of nitrogens with zero attached hydrogens (tertiary/aromatic N) is 1. The summed E-state index contributed by atoms with van der Waals surface area (Å²) in [7, 11) is 0. The van der Waals surface area contributed by atoms with Crippen molar-refractivity contribution in [2.75, 3.05) is 19.6 Å². The predicted molar refractivity (Wildman–Crippen MR) is 75.5 cm³/mol. The summed E-state index contributed by atoms with van der Waals surface area (Å²) in [5.74, 6) is 0.864. The Balaban J connectivity index is 1.47. The zero-order valence-corrected chi connectivity index (χ0v) is 11.1. The Morgan fingerprint density at radius 3 is 2.72 bits per heavy atom. The van der Waals surface area contributed by atoms with Gasteiger partial charge in [0.25, 0.3) is 0 Å². The van der Waals surface area contributed by atoms with E-state index in [0.717, 1.165) is 18.5 Å². The number of nitrogens with one attached hydrogen (secondary N) is 1. The molecule has 1 atom stereocenters. The minimum atomic E-state index is 0.856. The lowest BCUT2D eigenvalue weighted by atomic mass is 9.97. The molecule has 0 amide bonds. The molecule has 2 heteroatoms. The van der Waals surface area contributed by atoms with Crippen LogP contribution in [0.25, 0.3) is 0 Å². The van der Waals surface area contributed by atoms with Crippen LogP contribution in [0.1, 0.15) is 31.2 Å². The molecule has 18 heavy (non-hydrogen) atoms. The maximum absolute atomic E-state index is 3.68. The SMILES string of the molecule is c1ccc(CN2CCC[C@H](CNC3CC3)C2)cc1. The fourth-order valence-electron chi connectivity index (χ4n) is 2.92. The molecule has 98 valence electrons. The molecule has 1 aromatic rings. The van der Waals surface area contributed by atoms with Gasteiger partial charge in [0.1, 0.15) is 0 Å². The Bertz CT molecular complexity index is 359. The maximum Gasteiger partial charge on any atom is 0.0233 e. The van der Waals surface area contributed by atoms with Gasteiger partial charge in [0.05, 0.1) is 0 Å². The van der Waals surface area contributed by atoms with E-state index in [1.807, 2.05) is 0 Å². The summed E-state index contributed by atoms with van der Waals surface area (Å²) in [6.45, 7) is 4.90. The molecule has 1 aliphatic carbocycles. The van der Waals surface area contributed by atoms with Gasteiger partial charge < -0.3 is 5.32 Å². The molecular weight excluding hydrogens is 220 g/mol. The van der Waals surface area contributed by atoms with Crippen LogP contribution in [0.5, 0.6) is 0 Å². The summed E-state index contributed by atoms with van der Waals surface area (Å²) in [5.41, 5.74) is 1.45. The fraction of sp³-hybridized carbons (Fsp3) is 0.625. The van der Waals surface area contributed by atoms with E-state index in [1.54, 1.807) is 0 Å². The van der Waals surface area contributed by atoms with Crippen LogP contribution in [0.2, 0.25) is 0 Å². The molecule has 1 aromatic carbocycles. The van der Waals surface area contributed by atoms with Crippen molar-refractivity contribution in [1.82, 2.24) is 10.2 Å². The maximum atomic E-state index is 3.68. The first-order chi connectivity index (χ1) is 8.90. The number of hydrogen-bond acceptors (Lipinski definition) is 2. The lowest BCUT2D eigenvalue weighted by Gasteiger charge is -2.33. The van der Waals surface area contributed by atoms with Gasteiger partial charge in [-0.15, -0.1) is 0 Å². The van der Waals surface area contributed by atoms with Crippen molar-refractivity contribution < 1.29 is 0 Å². The van der Waals surface area contributed by atoms with E-state index in [1.165, 1.54) is 50.9 Å². The summed E-state index contributed by atoms with van der Waals surface area (Å²) >= 11 is 0. The molecule has 0 aromatic heterocycles. The highest BCUT2D eigenvalue weighted by Crippen LogP contribution is 2.22. The molecule has 1 saturated heterocycles. The number of rotatable bonds is 5. The van der Waals surface area contributed by atoms with Crippen molar-refractivity contribution in [3.8, 4) is 0 Å². The number of benzene rings is 1. The van der Waals surface area contributed by atoms with Gasteiger partial charge >= 0.3 is 0 Å². The molecule has 2 fully saturated rings. The highest BCUT2D eigenvalue weighted by Gasteiger charge is 2.24. The predicted octanol–water partition coefficient (Wildman–Crippen LogP) is 2.65. The monoisotopic (exact) mass is 244 g/mol. The normalized spacial score (nSPS) is 25.2. The van der Waals surface area contributed by atoms with Crippen LogP contribution < -0.4 is 5.32 Å². The van der Waals surface area contributed by atoms with E-state index in [4.69, 9.17) is 0 Å². The van der Waals surface area contributed by atoms with Crippen molar-refractivity contribution in [2.24, 2.45) is 5.92 Å². The van der Waals surface area contributed by atoms with Crippen molar-refractivity contribution in [1.29, 1.82) is 0 Å². The summed E-state index contributed by atoms with van der Waals surface area (Å²) in [5, 5.41) is 3.68. The van der Waals surface area contributed by atoms with Gasteiger partial charge in [-0.1, -0.05) is 30.3 Å². The first kappa shape index (κ1) is 12.2. The third-order valence-electron chi connectivity index (χ3n) is 4.12. The van der Waals surface area contributed by atoms with Gasteiger partial charge in [0, 0.05) is 19.1 Å². The minimum absolute atomic E-state index is 0.856. The third-order valence-corrected chi connectivity index (χ3v) is 4.12. The Labute approximate surface area is 110 Å².